The van der Waals surface area contributed by atoms with Crippen molar-refractivity contribution in [3.63, 3.8) is 0 Å². The number of para-hydroxylation sites is 2. The lowest BCUT2D eigenvalue weighted by molar-refractivity contribution is 0.0776. The summed E-state index contributed by atoms with van der Waals surface area (Å²) >= 11 is 0. The molecule has 0 atom stereocenters. The molecule has 0 spiro atoms. The molecule has 0 saturated heterocycles. The SMILES string of the molecule is Cc1cccc(C(=O)N(C)Cc2nc3ccccc3[nH]2)n1. The summed E-state index contributed by atoms with van der Waals surface area (Å²) in [5, 5.41) is 0. The van der Waals surface area contributed by atoms with Crippen molar-refractivity contribution >= 4 is 16.9 Å². The van der Waals surface area contributed by atoms with Gasteiger partial charge in [0.15, 0.2) is 0 Å². The van der Waals surface area contributed by atoms with Crippen LogP contribution in [0.15, 0.2) is 42.5 Å². The van der Waals surface area contributed by atoms with E-state index in [1.54, 1.807) is 18.0 Å². The van der Waals surface area contributed by atoms with E-state index < -0.39 is 0 Å². The Balaban J connectivity index is 1.79. The number of hydrogen-bond acceptors (Lipinski definition) is 3. The molecular weight excluding hydrogens is 264 g/mol. The van der Waals surface area contributed by atoms with Crippen LogP contribution in [0, 0.1) is 6.92 Å². The van der Waals surface area contributed by atoms with Crippen LogP contribution in [0.5, 0.6) is 0 Å². The van der Waals surface area contributed by atoms with Gasteiger partial charge in [-0.25, -0.2) is 9.97 Å². The minimum Gasteiger partial charge on any atom is -0.340 e. The molecule has 0 aliphatic heterocycles. The summed E-state index contributed by atoms with van der Waals surface area (Å²) in [5.74, 6) is 0.652. The highest BCUT2D eigenvalue weighted by Gasteiger charge is 2.15. The molecule has 5 nitrogen and oxygen atoms in total. The highest BCUT2D eigenvalue weighted by molar-refractivity contribution is 5.92. The Morgan fingerprint density at radius 1 is 1.14 bits per heavy atom. The van der Waals surface area contributed by atoms with Crippen LogP contribution in [0.25, 0.3) is 11.0 Å². The van der Waals surface area contributed by atoms with Gasteiger partial charge < -0.3 is 9.88 Å². The third-order valence-electron chi connectivity index (χ3n) is 3.28. The molecule has 0 unspecified atom stereocenters. The molecule has 5 heteroatoms. The van der Waals surface area contributed by atoms with Crippen LogP contribution in [-0.2, 0) is 6.54 Å². The standard InChI is InChI=1S/C16H16N4O/c1-11-6-5-9-14(17-11)16(21)20(2)10-15-18-12-7-3-4-8-13(12)19-15/h3-9H,10H2,1-2H3,(H,18,19). The fourth-order valence-corrected chi connectivity index (χ4v) is 2.23. The number of carbonyl (C=O) groups is 1. The summed E-state index contributed by atoms with van der Waals surface area (Å²) in [5.41, 5.74) is 3.16. The highest BCUT2D eigenvalue weighted by Crippen LogP contribution is 2.12. The zero-order chi connectivity index (χ0) is 14.8. The number of benzene rings is 1. The zero-order valence-electron chi connectivity index (χ0n) is 12.0. The van der Waals surface area contributed by atoms with Gasteiger partial charge in [0.2, 0.25) is 0 Å². The minimum absolute atomic E-state index is 0.112. The number of carbonyl (C=O) groups excluding carboxylic acids is 1. The molecule has 1 amide bonds. The summed E-state index contributed by atoms with van der Waals surface area (Å²) in [7, 11) is 1.75. The number of pyridine rings is 1. The molecule has 2 heterocycles. The fourth-order valence-electron chi connectivity index (χ4n) is 2.23. The van der Waals surface area contributed by atoms with E-state index in [-0.39, 0.29) is 5.91 Å². The van der Waals surface area contributed by atoms with Crippen molar-refractivity contribution in [3.8, 4) is 0 Å². The molecular formula is C16H16N4O. The predicted molar refractivity (Wildman–Crippen MR) is 80.9 cm³/mol. The lowest BCUT2D eigenvalue weighted by Gasteiger charge is -2.15. The minimum atomic E-state index is -0.112. The summed E-state index contributed by atoms with van der Waals surface area (Å²) in [6.07, 6.45) is 0. The van der Waals surface area contributed by atoms with Crippen molar-refractivity contribution < 1.29 is 4.79 Å². The van der Waals surface area contributed by atoms with Gasteiger partial charge in [-0.1, -0.05) is 18.2 Å². The third kappa shape index (κ3) is 2.76. The van der Waals surface area contributed by atoms with Crippen molar-refractivity contribution in [1.82, 2.24) is 19.9 Å². The molecule has 0 aliphatic carbocycles. The van der Waals surface area contributed by atoms with Crippen molar-refractivity contribution in [2.24, 2.45) is 0 Å². The Morgan fingerprint density at radius 3 is 2.71 bits per heavy atom. The Bertz CT molecular complexity index is 761. The smallest absolute Gasteiger partial charge is 0.272 e. The molecule has 0 bridgehead atoms. The second-order valence-corrected chi connectivity index (χ2v) is 5.03. The maximum Gasteiger partial charge on any atom is 0.272 e. The molecule has 0 radical (unpaired) electrons. The largest absolute Gasteiger partial charge is 0.340 e. The summed E-state index contributed by atoms with van der Waals surface area (Å²) < 4.78 is 0. The molecule has 21 heavy (non-hydrogen) atoms. The molecule has 0 fully saturated rings. The molecule has 106 valence electrons. The Labute approximate surface area is 122 Å². The maximum atomic E-state index is 12.3. The average Bonchev–Trinajstić information content (AvgIpc) is 2.88. The van der Waals surface area contributed by atoms with E-state index in [9.17, 15) is 4.79 Å². The number of H-pyrrole nitrogens is 1. The number of aromatic nitrogens is 3. The van der Waals surface area contributed by atoms with E-state index in [0.717, 1.165) is 22.6 Å². The van der Waals surface area contributed by atoms with Gasteiger partial charge in [0.1, 0.15) is 11.5 Å². The molecule has 2 aromatic heterocycles. The van der Waals surface area contributed by atoms with E-state index in [4.69, 9.17) is 0 Å². The summed E-state index contributed by atoms with van der Waals surface area (Å²) in [6.45, 7) is 2.29. The first-order valence-electron chi connectivity index (χ1n) is 6.76. The van der Waals surface area contributed by atoms with Crippen LogP contribution < -0.4 is 0 Å². The first-order valence-corrected chi connectivity index (χ1v) is 6.76. The molecule has 3 aromatic rings. The fraction of sp³-hybridized carbons (Fsp3) is 0.188. The zero-order valence-corrected chi connectivity index (χ0v) is 12.0. The quantitative estimate of drug-likeness (QED) is 0.802. The second-order valence-electron chi connectivity index (χ2n) is 5.03. The lowest BCUT2D eigenvalue weighted by Crippen LogP contribution is -2.27. The van der Waals surface area contributed by atoms with E-state index in [1.165, 1.54) is 0 Å². The van der Waals surface area contributed by atoms with E-state index in [0.29, 0.717) is 12.2 Å². The Kier molecular flexibility index (Phi) is 3.39. The average molecular weight is 280 g/mol. The van der Waals surface area contributed by atoms with Gasteiger partial charge in [-0.05, 0) is 31.2 Å². The normalized spacial score (nSPS) is 10.8. The number of rotatable bonds is 3. The van der Waals surface area contributed by atoms with Crippen molar-refractivity contribution in [3.05, 3.63) is 59.7 Å². The van der Waals surface area contributed by atoms with E-state index in [1.807, 2.05) is 43.3 Å². The number of aryl methyl sites for hydroxylation is 1. The molecule has 3 rings (SSSR count). The van der Waals surface area contributed by atoms with Gasteiger partial charge in [-0.15, -0.1) is 0 Å². The molecule has 1 aromatic carbocycles. The van der Waals surface area contributed by atoms with Crippen LogP contribution >= 0.6 is 0 Å². The van der Waals surface area contributed by atoms with Gasteiger partial charge in [-0.2, -0.15) is 0 Å². The number of nitrogens with zero attached hydrogens (tertiary/aromatic N) is 3. The topological polar surface area (TPSA) is 61.9 Å². The number of hydrogen-bond donors (Lipinski definition) is 1. The summed E-state index contributed by atoms with van der Waals surface area (Å²) in [6, 6.07) is 13.2. The summed E-state index contributed by atoms with van der Waals surface area (Å²) in [4.78, 5) is 25.9. The highest BCUT2D eigenvalue weighted by atomic mass is 16.2. The van der Waals surface area contributed by atoms with Crippen LogP contribution in [-0.4, -0.2) is 32.8 Å². The van der Waals surface area contributed by atoms with Crippen LogP contribution in [0.2, 0.25) is 0 Å². The van der Waals surface area contributed by atoms with Crippen molar-refractivity contribution in [1.29, 1.82) is 0 Å². The Hall–Kier alpha value is -2.69. The van der Waals surface area contributed by atoms with Crippen molar-refractivity contribution in [2.75, 3.05) is 7.05 Å². The first-order chi connectivity index (χ1) is 10.1. The number of aromatic amines is 1. The second kappa shape index (κ2) is 5.36. The number of amides is 1. The van der Waals surface area contributed by atoms with Crippen molar-refractivity contribution in [2.45, 2.75) is 13.5 Å². The number of nitrogens with one attached hydrogen (secondary N) is 1. The third-order valence-corrected chi connectivity index (χ3v) is 3.28. The predicted octanol–water partition coefficient (Wildman–Crippen LogP) is 2.54. The lowest BCUT2D eigenvalue weighted by atomic mass is 10.3. The molecule has 1 N–H and O–H groups in total. The van der Waals surface area contributed by atoms with Gasteiger partial charge in [0.25, 0.3) is 5.91 Å². The van der Waals surface area contributed by atoms with Gasteiger partial charge in [-0.3, -0.25) is 4.79 Å². The van der Waals surface area contributed by atoms with Gasteiger partial charge in [0.05, 0.1) is 17.6 Å². The number of fused-ring (bicyclic) bond motifs is 1. The van der Waals surface area contributed by atoms with Crippen LogP contribution in [0.1, 0.15) is 22.0 Å². The molecule has 0 aliphatic rings. The van der Waals surface area contributed by atoms with E-state index in [2.05, 4.69) is 15.0 Å². The van der Waals surface area contributed by atoms with Crippen LogP contribution in [0.4, 0.5) is 0 Å². The molecule has 0 saturated carbocycles. The van der Waals surface area contributed by atoms with E-state index >= 15 is 0 Å². The maximum absolute atomic E-state index is 12.3. The van der Waals surface area contributed by atoms with Gasteiger partial charge in [0, 0.05) is 12.7 Å². The Morgan fingerprint density at radius 2 is 1.95 bits per heavy atom. The van der Waals surface area contributed by atoms with Crippen LogP contribution in [0.3, 0.4) is 0 Å². The first kappa shape index (κ1) is 13.3. The monoisotopic (exact) mass is 280 g/mol. The van der Waals surface area contributed by atoms with Gasteiger partial charge >= 0.3 is 0 Å². The number of imidazole rings is 1.